The smallest absolute Gasteiger partial charge is 0.173 e. The maximum absolute atomic E-state index is 14.3. The standard InChI is InChI=1S/C16H17FN2OS/c1-10-6-7-11(2)14(8-10)21-9-12-4-3-5-13(15(12)17)16(18)19-20/h3-8,20H,9H2,1-2H3,(H2,18,19). The molecule has 0 aliphatic rings. The van der Waals surface area contributed by atoms with Crippen LogP contribution in [0.3, 0.4) is 0 Å². The van der Waals surface area contributed by atoms with Gasteiger partial charge < -0.3 is 10.9 Å². The number of benzene rings is 2. The van der Waals surface area contributed by atoms with E-state index in [-0.39, 0.29) is 11.4 Å². The topological polar surface area (TPSA) is 58.6 Å². The van der Waals surface area contributed by atoms with E-state index >= 15 is 0 Å². The Kier molecular flexibility index (Phi) is 4.85. The summed E-state index contributed by atoms with van der Waals surface area (Å²) in [7, 11) is 0. The zero-order valence-electron chi connectivity index (χ0n) is 11.9. The van der Waals surface area contributed by atoms with Crippen molar-refractivity contribution in [1.82, 2.24) is 0 Å². The highest BCUT2D eigenvalue weighted by Gasteiger charge is 2.12. The molecule has 0 heterocycles. The van der Waals surface area contributed by atoms with Crippen molar-refractivity contribution in [3.05, 3.63) is 64.5 Å². The first-order valence-corrected chi connectivity index (χ1v) is 7.47. The lowest BCUT2D eigenvalue weighted by atomic mass is 10.1. The molecule has 0 atom stereocenters. The van der Waals surface area contributed by atoms with Crippen LogP contribution in [0.4, 0.5) is 4.39 Å². The van der Waals surface area contributed by atoms with Gasteiger partial charge >= 0.3 is 0 Å². The zero-order valence-corrected chi connectivity index (χ0v) is 12.7. The summed E-state index contributed by atoms with van der Waals surface area (Å²) < 4.78 is 14.3. The molecule has 5 heteroatoms. The summed E-state index contributed by atoms with van der Waals surface area (Å²) in [5.41, 5.74) is 8.46. The molecule has 0 bridgehead atoms. The molecule has 0 amide bonds. The minimum absolute atomic E-state index is 0.122. The highest BCUT2D eigenvalue weighted by molar-refractivity contribution is 7.98. The van der Waals surface area contributed by atoms with E-state index < -0.39 is 5.82 Å². The molecule has 0 radical (unpaired) electrons. The van der Waals surface area contributed by atoms with Gasteiger partial charge in [-0.2, -0.15) is 0 Å². The lowest BCUT2D eigenvalue weighted by Gasteiger charge is -2.09. The molecule has 21 heavy (non-hydrogen) atoms. The molecular formula is C16H17FN2OS. The third kappa shape index (κ3) is 3.55. The van der Waals surface area contributed by atoms with Gasteiger partial charge in [0.2, 0.25) is 0 Å². The van der Waals surface area contributed by atoms with Crippen molar-refractivity contribution in [2.24, 2.45) is 10.9 Å². The lowest BCUT2D eigenvalue weighted by molar-refractivity contribution is 0.318. The van der Waals surface area contributed by atoms with Crippen LogP contribution < -0.4 is 5.73 Å². The fourth-order valence-electron chi connectivity index (χ4n) is 1.96. The van der Waals surface area contributed by atoms with E-state index in [9.17, 15) is 4.39 Å². The average molecular weight is 304 g/mol. The van der Waals surface area contributed by atoms with E-state index in [0.717, 1.165) is 4.90 Å². The van der Waals surface area contributed by atoms with E-state index in [0.29, 0.717) is 11.3 Å². The summed E-state index contributed by atoms with van der Waals surface area (Å²) in [5.74, 6) is -0.167. The molecule has 0 spiro atoms. The van der Waals surface area contributed by atoms with Crippen molar-refractivity contribution in [2.45, 2.75) is 24.5 Å². The van der Waals surface area contributed by atoms with Crippen LogP contribution in [0.1, 0.15) is 22.3 Å². The van der Waals surface area contributed by atoms with Crippen LogP contribution in [-0.2, 0) is 5.75 Å². The first-order chi connectivity index (χ1) is 10.0. The SMILES string of the molecule is Cc1ccc(C)c(SCc2cccc(/C(N)=N/O)c2F)c1. The van der Waals surface area contributed by atoms with Gasteiger partial charge in [-0.25, -0.2) is 4.39 Å². The second-order valence-electron chi connectivity index (χ2n) is 4.82. The van der Waals surface area contributed by atoms with Gasteiger partial charge in [-0.15, -0.1) is 11.8 Å². The molecule has 2 rings (SSSR count). The number of hydrogen-bond acceptors (Lipinski definition) is 3. The summed E-state index contributed by atoms with van der Waals surface area (Å²) in [5, 5.41) is 11.5. The lowest BCUT2D eigenvalue weighted by Crippen LogP contribution is -2.15. The minimum atomic E-state index is -0.439. The molecular weight excluding hydrogens is 287 g/mol. The number of halogens is 1. The Labute approximate surface area is 127 Å². The predicted molar refractivity (Wildman–Crippen MR) is 84.4 cm³/mol. The summed E-state index contributed by atoms with van der Waals surface area (Å²) in [6.07, 6.45) is 0. The molecule has 0 unspecified atom stereocenters. The Morgan fingerprint density at radius 1 is 1.29 bits per heavy atom. The van der Waals surface area contributed by atoms with E-state index in [1.807, 2.05) is 13.8 Å². The number of aryl methyl sites for hydroxylation is 2. The van der Waals surface area contributed by atoms with Crippen molar-refractivity contribution in [3.63, 3.8) is 0 Å². The maximum Gasteiger partial charge on any atom is 0.173 e. The van der Waals surface area contributed by atoms with Gasteiger partial charge in [-0.3, -0.25) is 0 Å². The monoisotopic (exact) mass is 304 g/mol. The molecule has 2 aromatic carbocycles. The molecule has 0 aliphatic heterocycles. The Balaban J connectivity index is 2.23. The van der Waals surface area contributed by atoms with Gasteiger partial charge in [0.1, 0.15) is 5.82 Å². The summed E-state index contributed by atoms with van der Waals surface area (Å²) in [6.45, 7) is 4.06. The van der Waals surface area contributed by atoms with Crippen LogP contribution in [0.25, 0.3) is 0 Å². The maximum atomic E-state index is 14.3. The summed E-state index contributed by atoms with van der Waals surface area (Å²) in [4.78, 5) is 1.13. The first-order valence-electron chi connectivity index (χ1n) is 6.48. The van der Waals surface area contributed by atoms with E-state index in [1.165, 1.54) is 17.2 Å². The van der Waals surface area contributed by atoms with Crippen molar-refractivity contribution < 1.29 is 9.60 Å². The van der Waals surface area contributed by atoms with Crippen molar-refractivity contribution >= 4 is 17.6 Å². The highest BCUT2D eigenvalue weighted by Crippen LogP contribution is 2.28. The molecule has 0 aliphatic carbocycles. The zero-order chi connectivity index (χ0) is 15.4. The van der Waals surface area contributed by atoms with Gasteiger partial charge in [0.15, 0.2) is 5.84 Å². The van der Waals surface area contributed by atoms with Crippen LogP contribution in [0, 0.1) is 19.7 Å². The second-order valence-corrected chi connectivity index (χ2v) is 5.84. The summed E-state index contributed by atoms with van der Waals surface area (Å²) in [6, 6.07) is 11.1. The van der Waals surface area contributed by atoms with Gasteiger partial charge in [0.25, 0.3) is 0 Å². The molecule has 2 aromatic rings. The molecule has 3 N–H and O–H groups in total. The van der Waals surface area contributed by atoms with Crippen LogP contribution in [0.5, 0.6) is 0 Å². The molecule has 0 aromatic heterocycles. The normalized spacial score (nSPS) is 11.7. The fraction of sp³-hybridized carbons (Fsp3) is 0.188. The van der Waals surface area contributed by atoms with Gasteiger partial charge in [-0.05, 0) is 37.1 Å². The number of nitrogens with zero attached hydrogens (tertiary/aromatic N) is 1. The third-order valence-electron chi connectivity index (χ3n) is 3.19. The fourth-order valence-corrected chi connectivity index (χ4v) is 3.06. The Morgan fingerprint density at radius 3 is 2.76 bits per heavy atom. The second kappa shape index (κ2) is 6.63. The quantitative estimate of drug-likeness (QED) is 0.297. The number of hydrogen-bond donors (Lipinski definition) is 2. The largest absolute Gasteiger partial charge is 0.409 e. The van der Waals surface area contributed by atoms with Crippen LogP contribution in [0.2, 0.25) is 0 Å². The highest BCUT2D eigenvalue weighted by atomic mass is 32.2. The third-order valence-corrected chi connectivity index (χ3v) is 4.40. The van der Waals surface area contributed by atoms with Crippen molar-refractivity contribution in [1.29, 1.82) is 0 Å². The van der Waals surface area contributed by atoms with Crippen LogP contribution in [-0.4, -0.2) is 11.0 Å². The Bertz CT molecular complexity index is 686. The van der Waals surface area contributed by atoms with Gasteiger partial charge in [-0.1, -0.05) is 35.0 Å². The molecule has 110 valence electrons. The number of oxime groups is 1. The number of thioether (sulfide) groups is 1. The number of rotatable bonds is 4. The molecule has 3 nitrogen and oxygen atoms in total. The van der Waals surface area contributed by atoms with Crippen LogP contribution >= 0.6 is 11.8 Å². The first kappa shape index (κ1) is 15.4. The predicted octanol–water partition coefficient (Wildman–Crippen LogP) is 3.83. The van der Waals surface area contributed by atoms with Crippen molar-refractivity contribution in [3.8, 4) is 0 Å². The van der Waals surface area contributed by atoms with Gasteiger partial charge in [0, 0.05) is 10.6 Å². The van der Waals surface area contributed by atoms with E-state index in [2.05, 4.69) is 23.4 Å². The number of amidine groups is 1. The Hall–Kier alpha value is -2.01. The van der Waals surface area contributed by atoms with E-state index in [1.54, 1.807) is 23.9 Å². The minimum Gasteiger partial charge on any atom is -0.409 e. The van der Waals surface area contributed by atoms with E-state index in [4.69, 9.17) is 10.9 Å². The van der Waals surface area contributed by atoms with Crippen molar-refractivity contribution in [2.75, 3.05) is 0 Å². The molecule has 0 saturated carbocycles. The summed E-state index contributed by atoms with van der Waals surface area (Å²) >= 11 is 1.57. The average Bonchev–Trinajstić information content (AvgIpc) is 2.48. The van der Waals surface area contributed by atoms with Crippen LogP contribution in [0.15, 0.2) is 46.4 Å². The molecule has 0 saturated heterocycles. The van der Waals surface area contributed by atoms with Gasteiger partial charge in [0.05, 0.1) is 5.56 Å². The number of nitrogens with two attached hydrogens (primary N) is 1. The Morgan fingerprint density at radius 2 is 2.05 bits per heavy atom. The molecule has 0 fully saturated rings.